The summed E-state index contributed by atoms with van der Waals surface area (Å²) in [5.41, 5.74) is 3.09. The van der Waals surface area contributed by atoms with Crippen LogP contribution in [0.3, 0.4) is 0 Å². The molecule has 0 bridgehead atoms. The molecule has 1 aromatic heterocycles. The molecule has 3 aromatic rings. The first-order valence-corrected chi connectivity index (χ1v) is 5.96. The zero-order valence-corrected chi connectivity index (χ0v) is 10.3. The van der Waals surface area contributed by atoms with Crippen LogP contribution in [0.25, 0.3) is 22.2 Å². The maximum Gasteiger partial charge on any atom is 0.135 e. The molecule has 1 nitrogen and oxygen atoms in total. The van der Waals surface area contributed by atoms with E-state index in [0.29, 0.717) is 16.6 Å². The highest BCUT2D eigenvalue weighted by Crippen LogP contribution is 2.24. The van der Waals surface area contributed by atoms with E-state index in [1.165, 1.54) is 6.07 Å². The summed E-state index contributed by atoms with van der Waals surface area (Å²) in [6, 6.07) is 13.3. The number of hydrogen-bond acceptors (Lipinski definition) is 1. The fourth-order valence-electron chi connectivity index (χ4n) is 2.12. The normalized spacial score (nSPS) is 10.9. The Morgan fingerprint density at radius 3 is 2.58 bits per heavy atom. The Kier molecular flexibility index (Phi) is 2.75. The van der Waals surface area contributed by atoms with Crippen LogP contribution in [0.15, 0.2) is 48.5 Å². The molecule has 3 rings (SSSR count). The molecular formula is C16H11F2N. The van der Waals surface area contributed by atoms with E-state index in [4.69, 9.17) is 0 Å². The molecule has 0 N–H and O–H groups in total. The van der Waals surface area contributed by atoms with Gasteiger partial charge in [-0.05, 0) is 25.1 Å². The molecule has 0 aliphatic rings. The summed E-state index contributed by atoms with van der Waals surface area (Å²) in [6.07, 6.45) is 0. The van der Waals surface area contributed by atoms with Crippen molar-refractivity contribution in [2.45, 2.75) is 6.92 Å². The Bertz CT molecular complexity index is 766. The van der Waals surface area contributed by atoms with E-state index >= 15 is 0 Å². The molecule has 3 heteroatoms. The van der Waals surface area contributed by atoms with Gasteiger partial charge in [-0.2, -0.15) is 0 Å². The van der Waals surface area contributed by atoms with Crippen LogP contribution in [0, 0.1) is 18.6 Å². The monoisotopic (exact) mass is 255 g/mol. The van der Waals surface area contributed by atoms with E-state index in [9.17, 15) is 8.78 Å². The summed E-state index contributed by atoms with van der Waals surface area (Å²) in [7, 11) is 0. The van der Waals surface area contributed by atoms with Gasteiger partial charge in [-0.15, -0.1) is 0 Å². The van der Waals surface area contributed by atoms with Crippen molar-refractivity contribution in [2.75, 3.05) is 0 Å². The summed E-state index contributed by atoms with van der Waals surface area (Å²) in [4.78, 5) is 4.33. The number of nitrogens with zero attached hydrogens (tertiary/aromatic N) is 1. The Labute approximate surface area is 109 Å². The van der Waals surface area contributed by atoms with Crippen LogP contribution in [-0.2, 0) is 0 Å². The number of aryl methyl sites for hydroxylation is 1. The first-order chi connectivity index (χ1) is 9.13. The lowest BCUT2D eigenvalue weighted by atomic mass is 10.1. The van der Waals surface area contributed by atoms with Crippen LogP contribution in [0.2, 0.25) is 0 Å². The van der Waals surface area contributed by atoms with Crippen LogP contribution >= 0.6 is 0 Å². The van der Waals surface area contributed by atoms with Crippen molar-refractivity contribution < 1.29 is 8.78 Å². The molecule has 0 radical (unpaired) electrons. The largest absolute Gasteiger partial charge is 0.248 e. The number of benzene rings is 2. The Morgan fingerprint density at radius 1 is 0.947 bits per heavy atom. The van der Waals surface area contributed by atoms with Gasteiger partial charge in [-0.25, -0.2) is 13.8 Å². The second-order valence-corrected chi connectivity index (χ2v) is 4.52. The highest BCUT2D eigenvalue weighted by atomic mass is 19.1. The summed E-state index contributed by atoms with van der Waals surface area (Å²) >= 11 is 0. The van der Waals surface area contributed by atoms with Gasteiger partial charge in [-0.3, -0.25) is 0 Å². The van der Waals surface area contributed by atoms with Gasteiger partial charge in [0.2, 0.25) is 0 Å². The van der Waals surface area contributed by atoms with Gasteiger partial charge in [0.05, 0.1) is 11.2 Å². The van der Waals surface area contributed by atoms with Gasteiger partial charge in [0.1, 0.15) is 11.6 Å². The third-order valence-corrected chi connectivity index (χ3v) is 3.04. The second-order valence-electron chi connectivity index (χ2n) is 4.52. The van der Waals surface area contributed by atoms with Crippen molar-refractivity contribution in [3.05, 3.63) is 65.7 Å². The van der Waals surface area contributed by atoms with Crippen LogP contribution in [0.1, 0.15) is 5.56 Å². The molecule has 94 valence electrons. The first kappa shape index (κ1) is 11.8. The molecule has 0 saturated carbocycles. The minimum absolute atomic E-state index is 0.330. The number of halogens is 2. The molecule has 2 aromatic carbocycles. The van der Waals surface area contributed by atoms with Crippen LogP contribution < -0.4 is 0 Å². The van der Waals surface area contributed by atoms with Gasteiger partial charge in [0.25, 0.3) is 0 Å². The second kappa shape index (κ2) is 4.43. The fourth-order valence-corrected chi connectivity index (χ4v) is 2.12. The predicted octanol–water partition coefficient (Wildman–Crippen LogP) is 4.49. The highest BCUT2D eigenvalue weighted by Gasteiger charge is 2.07. The number of pyridine rings is 1. The summed E-state index contributed by atoms with van der Waals surface area (Å²) in [5, 5.41) is 0.331. The zero-order valence-electron chi connectivity index (χ0n) is 10.3. The number of rotatable bonds is 1. The molecule has 0 saturated heterocycles. The molecule has 0 atom stereocenters. The maximum atomic E-state index is 13.6. The molecule has 0 unspecified atom stereocenters. The van der Waals surface area contributed by atoms with Crippen molar-refractivity contribution in [1.29, 1.82) is 0 Å². The number of aromatic nitrogens is 1. The summed E-state index contributed by atoms with van der Waals surface area (Å²) in [6.45, 7) is 1.99. The smallest absolute Gasteiger partial charge is 0.135 e. The van der Waals surface area contributed by atoms with Gasteiger partial charge < -0.3 is 0 Å². The summed E-state index contributed by atoms with van der Waals surface area (Å²) < 4.78 is 26.8. The molecular weight excluding hydrogens is 244 g/mol. The van der Waals surface area contributed by atoms with Gasteiger partial charge in [0.15, 0.2) is 0 Å². The lowest BCUT2D eigenvalue weighted by Crippen LogP contribution is -1.89. The highest BCUT2D eigenvalue weighted by molar-refractivity contribution is 5.82. The van der Waals surface area contributed by atoms with Crippen molar-refractivity contribution in [3.63, 3.8) is 0 Å². The third kappa shape index (κ3) is 2.19. The Morgan fingerprint density at radius 2 is 1.79 bits per heavy atom. The minimum atomic E-state index is -0.612. The van der Waals surface area contributed by atoms with E-state index in [1.54, 1.807) is 12.1 Å². The quantitative estimate of drug-likeness (QED) is 0.624. The van der Waals surface area contributed by atoms with Crippen molar-refractivity contribution in [3.8, 4) is 11.3 Å². The molecule has 0 aliphatic heterocycles. The van der Waals surface area contributed by atoms with Gasteiger partial charge >= 0.3 is 0 Å². The average molecular weight is 255 g/mol. The van der Waals surface area contributed by atoms with Crippen molar-refractivity contribution in [2.24, 2.45) is 0 Å². The lowest BCUT2D eigenvalue weighted by Gasteiger charge is -2.05. The Hall–Kier alpha value is -2.29. The van der Waals surface area contributed by atoms with E-state index in [0.717, 1.165) is 17.2 Å². The molecule has 19 heavy (non-hydrogen) atoms. The molecule has 0 fully saturated rings. The zero-order chi connectivity index (χ0) is 13.4. The molecule has 0 amide bonds. The molecule has 0 spiro atoms. The van der Waals surface area contributed by atoms with Crippen LogP contribution in [-0.4, -0.2) is 4.98 Å². The van der Waals surface area contributed by atoms with Crippen LogP contribution in [0.4, 0.5) is 8.78 Å². The lowest BCUT2D eigenvalue weighted by molar-refractivity contribution is 0.591. The van der Waals surface area contributed by atoms with Crippen molar-refractivity contribution in [1.82, 2.24) is 4.98 Å². The predicted molar refractivity (Wildman–Crippen MR) is 71.8 cm³/mol. The third-order valence-electron chi connectivity index (χ3n) is 3.04. The molecule has 1 heterocycles. The number of hydrogen-bond donors (Lipinski definition) is 0. The average Bonchev–Trinajstić information content (AvgIpc) is 2.37. The van der Waals surface area contributed by atoms with E-state index < -0.39 is 11.6 Å². The fraction of sp³-hybridized carbons (Fsp3) is 0.0625. The van der Waals surface area contributed by atoms with Crippen molar-refractivity contribution >= 4 is 10.9 Å². The minimum Gasteiger partial charge on any atom is -0.248 e. The van der Waals surface area contributed by atoms with E-state index in [2.05, 4.69) is 4.98 Å². The Balaban J connectivity index is 2.21. The SMILES string of the molecule is Cc1cccc(-c2ccc3c(F)cc(F)cc3n2)c1. The number of fused-ring (bicyclic) bond motifs is 1. The maximum absolute atomic E-state index is 13.6. The first-order valence-electron chi connectivity index (χ1n) is 5.96. The molecule has 0 aliphatic carbocycles. The summed E-state index contributed by atoms with van der Waals surface area (Å²) in [5.74, 6) is -1.20. The van der Waals surface area contributed by atoms with Gasteiger partial charge in [-0.1, -0.05) is 23.8 Å². The topological polar surface area (TPSA) is 12.9 Å². The van der Waals surface area contributed by atoms with E-state index in [1.807, 2.05) is 31.2 Å². The van der Waals surface area contributed by atoms with Gasteiger partial charge in [0, 0.05) is 23.1 Å². The van der Waals surface area contributed by atoms with Crippen LogP contribution in [0.5, 0.6) is 0 Å². The van der Waals surface area contributed by atoms with E-state index in [-0.39, 0.29) is 0 Å². The standard InChI is InChI=1S/C16H11F2N/c1-10-3-2-4-11(7-10)15-6-5-13-14(18)8-12(17)9-16(13)19-15/h2-9H,1H3.